The lowest BCUT2D eigenvalue weighted by Gasteiger charge is -2.30. The van der Waals surface area contributed by atoms with Gasteiger partial charge in [-0.1, -0.05) is 0 Å². The molecule has 0 fully saturated rings. The zero-order chi connectivity index (χ0) is 15.1. The van der Waals surface area contributed by atoms with Crippen LogP contribution >= 0.6 is 0 Å². The van der Waals surface area contributed by atoms with Gasteiger partial charge in [0.05, 0.1) is 25.5 Å². The summed E-state index contributed by atoms with van der Waals surface area (Å²) in [7, 11) is 5.00. The van der Waals surface area contributed by atoms with Crippen LogP contribution in [0.3, 0.4) is 0 Å². The number of nitrogens with zero attached hydrogens (tertiary/aromatic N) is 3. The van der Waals surface area contributed by atoms with Crippen LogP contribution in [0.2, 0.25) is 0 Å². The molecule has 0 bridgehead atoms. The molecular formula is C13H24N4O3. The SMILES string of the molecule is COCCN(C(=O)C(N)c1cnn(C)c1)C(C)COC. The molecule has 0 spiro atoms. The number of aromatic nitrogens is 2. The molecule has 2 unspecified atom stereocenters. The number of hydrogen-bond acceptors (Lipinski definition) is 5. The van der Waals surface area contributed by atoms with Crippen molar-refractivity contribution in [2.75, 3.05) is 34.0 Å². The van der Waals surface area contributed by atoms with Gasteiger partial charge in [0.25, 0.3) is 0 Å². The maximum Gasteiger partial charge on any atom is 0.244 e. The summed E-state index contributed by atoms with van der Waals surface area (Å²) < 4.78 is 11.8. The largest absolute Gasteiger partial charge is 0.383 e. The van der Waals surface area contributed by atoms with E-state index in [1.54, 1.807) is 43.2 Å². The number of nitrogens with two attached hydrogens (primary N) is 1. The van der Waals surface area contributed by atoms with Crippen LogP contribution in [0.25, 0.3) is 0 Å². The maximum absolute atomic E-state index is 12.5. The fourth-order valence-electron chi connectivity index (χ4n) is 1.99. The lowest BCUT2D eigenvalue weighted by atomic mass is 10.1. The van der Waals surface area contributed by atoms with E-state index < -0.39 is 6.04 Å². The van der Waals surface area contributed by atoms with Gasteiger partial charge < -0.3 is 20.1 Å². The number of hydrogen-bond donors (Lipinski definition) is 1. The van der Waals surface area contributed by atoms with Crippen molar-refractivity contribution in [1.82, 2.24) is 14.7 Å². The van der Waals surface area contributed by atoms with Gasteiger partial charge in [-0.05, 0) is 6.92 Å². The molecule has 114 valence electrons. The van der Waals surface area contributed by atoms with E-state index in [9.17, 15) is 4.79 Å². The summed E-state index contributed by atoms with van der Waals surface area (Å²) in [6.45, 7) is 3.32. The predicted octanol–water partition coefficient (Wildman–Crippen LogP) is -0.0702. The third kappa shape index (κ3) is 4.29. The highest BCUT2D eigenvalue weighted by Crippen LogP contribution is 2.14. The molecule has 20 heavy (non-hydrogen) atoms. The normalized spacial score (nSPS) is 14.1. The second-order valence-corrected chi connectivity index (χ2v) is 4.75. The van der Waals surface area contributed by atoms with Gasteiger partial charge in [0, 0.05) is 39.6 Å². The fraction of sp³-hybridized carbons (Fsp3) is 0.692. The number of aryl methyl sites for hydroxylation is 1. The average molecular weight is 284 g/mol. The minimum Gasteiger partial charge on any atom is -0.383 e. The van der Waals surface area contributed by atoms with Gasteiger partial charge in [-0.2, -0.15) is 5.10 Å². The molecule has 0 radical (unpaired) electrons. The van der Waals surface area contributed by atoms with Crippen LogP contribution < -0.4 is 5.73 Å². The second-order valence-electron chi connectivity index (χ2n) is 4.75. The number of carbonyl (C=O) groups excluding carboxylic acids is 1. The van der Waals surface area contributed by atoms with E-state index in [4.69, 9.17) is 15.2 Å². The highest BCUT2D eigenvalue weighted by atomic mass is 16.5. The van der Waals surface area contributed by atoms with Crippen LogP contribution in [-0.4, -0.2) is 60.6 Å². The predicted molar refractivity (Wildman–Crippen MR) is 75.1 cm³/mol. The summed E-state index contributed by atoms with van der Waals surface area (Å²) in [6, 6.07) is -0.787. The van der Waals surface area contributed by atoms with Crippen molar-refractivity contribution in [3.63, 3.8) is 0 Å². The second kappa shape index (κ2) is 7.98. The van der Waals surface area contributed by atoms with E-state index >= 15 is 0 Å². The molecule has 0 aromatic carbocycles. The molecule has 2 N–H and O–H groups in total. The Kier molecular flexibility index (Phi) is 6.63. The number of rotatable bonds is 8. The highest BCUT2D eigenvalue weighted by molar-refractivity contribution is 5.83. The van der Waals surface area contributed by atoms with E-state index in [2.05, 4.69) is 5.10 Å². The maximum atomic E-state index is 12.5. The Balaban J connectivity index is 2.80. The van der Waals surface area contributed by atoms with Crippen LogP contribution in [0, 0.1) is 0 Å². The van der Waals surface area contributed by atoms with Crippen LogP contribution in [0.15, 0.2) is 12.4 Å². The van der Waals surface area contributed by atoms with Crippen LogP contribution in [0.5, 0.6) is 0 Å². The minimum atomic E-state index is -0.722. The number of methoxy groups -OCH3 is 2. The standard InChI is InChI=1S/C13H24N4O3/c1-10(9-20-4)17(5-6-19-3)13(18)12(14)11-7-15-16(2)8-11/h7-8,10,12H,5-6,9,14H2,1-4H3. The van der Waals surface area contributed by atoms with Gasteiger partial charge in [0.15, 0.2) is 0 Å². The summed E-state index contributed by atoms with van der Waals surface area (Å²) in [5, 5.41) is 4.04. The van der Waals surface area contributed by atoms with Crippen molar-refractivity contribution >= 4 is 5.91 Å². The van der Waals surface area contributed by atoms with E-state index in [0.29, 0.717) is 25.3 Å². The van der Waals surface area contributed by atoms with E-state index in [0.717, 1.165) is 0 Å². The van der Waals surface area contributed by atoms with Gasteiger partial charge in [0.1, 0.15) is 6.04 Å². The molecule has 0 aliphatic rings. The van der Waals surface area contributed by atoms with Gasteiger partial charge in [-0.25, -0.2) is 0 Å². The topological polar surface area (TPSA) is 82.6 Å². The Morgan fingerprint density at radius 1 is 1.50 bits per heavy atom. The lowest BCUT2D eigenvalue weighted by Crippen LogP contribution is -2.47. The van der Waals surface area contributed by atoms with Crippen molar-refractivity contribution in [2.45, 2.75) is 19.0 Å². The molecule has 1 heterocycles. The molecule has 7 nitrogen and oxygen atoms in total. The zero-order valence-corrected chi connectivity index (χ0v) is 12.6. The smallest absolute Gasteiger partial charge is 0.244 e. The number of ether oxygens (including phenoxy) is 2. The van der Waals surface area contributed by atoms with Gasteiger partial charge in [0.2, 0.25) is 5.91 Å². The van der Waals surface area contributed by atoms with Crippen LogP contribution in [-0.2, 0) is 21.3 Å². The molecule has 0 aliphatic carbocycles. The molecule has 2 atom stereocenters. The first-order valence-electron chi connectivity index (χ1n) is 6.53. The van der Waals surface area contributed by atoms with Crippen molar-refractivity contribution in [3.05, 3.63) is 18.0 Å². The van der Waals surface area contributed by atoms with Crippen LogP contribution in [0.4, 0.5) is 0 Å². The molecule has 1 amide bonds. The summed E-state index contributed by atoms with van der Waals surface area (Å²) in [5.74, 6) is -0.153. The van der Waals surface area contributed by atoms with Gasteiger partial charge in [-0.15, -0.1) is 0 Å². The first-order chi connectivity index (χ1) is 9.51. The molecule has 7 heteroatoms. The quantitative estimate of drug-likeness (QED) is 0.722. The summed E-state index contributed by atoms with van der Waals surface area (Å²) in [4.78, 5) is 14.2. The molecule has 1 aromatic rings. The molecule has 1 rings (SSSR count). The summed E-state index contributed by atoms with van der Waals surface area (Å²) >= 11 is 0. The molecule has 0 saturated heterocycles. The van der Waals surface area contributed by atoms with E-state index in [1.165, 1.54) is 0 Å². The van der Waals surface area contributed by atoms with E-state index in [1.807, 2.05) is 6.92 Å². The highest BCUT2D eigenvalue weighted by Gasteiger charge is 2.26. The van der Waals surface area contributed by atoms with Crippen molar-refractivity contribution in [2.24, 2.45) is 12.8 Å². The Bertz CT molecular complexity index is 422. The van der Waals surface area contributed by atoms with Crippen molar-refractivity contribution in [1.29, 1.82) is 0 Å². The monoisotopic (exact) mass is 284 g/mol. The molecular weight excluding hydrogens is 260 g/mol. The number of amides is 1. The minimum absolute atomic E-state index is 0.0645. The van der Waals surface area contributed by atoms with Gasteiger partial charge in [-0.3, -0.25) is 9.48 Å². The molecule has 0 aliphatic heterocycles. The van der Waals surface area contributed by atoms with Crippen LogP contribution in [0.1, 0.15) is 18.5 Å². The van der Waals surface area contributed by atoms with Crippen molar-refractivity contribution in [3.8, 4) is 0 Å². The van der Waals surface area contributed by atoms with Crippen molar-refractivity contribution < 1.29 is 14.3 Å². The Morgan fingerprint density at radius 3 is 2.70 bits per heavy atom. The Hall–Kier alpha value is -1.44. The summed E-state index contributed by atoms with van der Waals surface area (Å²) in [5.41, 5.74) is 6.73. The fourth-order valence-corrected chi connectivity index (χ4v) is 1.99. The average Bonchev–Trinajstić information content (AvgIpc) is 2.85. The molecule has 1 aromatic heterocycles. The third-order valence-electron chi connectivity index (χ3n) is 3.11. The summed E-state index contributed by atoms with van der Waals surface area (Å²) in [6.07, 6.45) is 3.36. The lowest BCUT2D eigenvalue weighted by molar-refractivity contribution is -0.136. The third-order valence-corrected chi connectivity index (χ3v) is 3.11. The number of carbonyl (C=O) groups is 1. The molecule has 0 saturated carbocycles. The van der Waals surface area contributed by atoms with E-state index in [-0.39, 0.29) is 11.9 Å². The first kappa shape index (κ1) is 16.6. The Labute approximate surface area is 119 Å². The van der Waals surface area contributed by atoms with Gasteiger partial charge >= 0.3 is 0 Å². The first-order valence-corrected chi connectivity index (χ1v) is 6.53. The zero-order valence-electron chi connectivity index (χ0n) is 12.6. The Morgan fingerprint density at radius 2 is 2.20 bits per heavy atom.